The number of aromatic carboxylic acids is 1. The molecule has 4 heteroatoms. The van der Waals surface area contributed by atoms with Crippen LogP contribution >= 0.6 is 11.8 Å². The number of hydrogen-bond donors (Lipinski definition) is 2. The summed E-state index contributed by atoms with van der Waals surface area (Å²) >= 11 is 1.16. The normalized spacial score (nSPS) is 12.5. The molecule has 0 saturated heterocycles. The van der Waals surface area contributed by atoms with Gasteiger partial charge in [-0.3, -0.25) is 0 Å². The molecule has 15 heavy (non-hydrogen) atoms. The third-order valence-corrected chi connectivity index (χ3v) is 2.92. The number of thioether (sulfide) groups is 1. The van der Waals surface area contributed by atoms with E-state index in [2.05, 4.69) is 0 Å². The van der Waals surface area contributed by atoms with Crippen LogP contribution in [0.3, 0.4) is 0 Å². The SMILES string of the molecule is CCc1ccc(C(=O)O)c(SC(C)O)c1. The third kappa shape index (κ3) is 3.25. The zero-order chi connectivity index (χ0) is 11.4. The van der Waals surface area contributed by atoms with Crippen LogP contribution < -0.4 is 0 Å². The fourth-order valence-electron chi connectivity index (χ4n) is 1.24. The Hall–Kier alpha value is -1.00. The van der Waals surface area contributed by atoms with Gasteiger partial charge < -0.3 is 10.2 Å². The van der Waals surface area contributed by atoms with E-state index < -0.39 is 11.4 Å². The van der Waals surface area contributed by atoms with E-state index in [1.807, 2.05) is 13.0 Å². The molecule has 0 aliphatic carbocycles. The first-order valence-electron chi connectivity index (χ1n) is 4.75. The van der Waals surface area contributed by atoms with Crippen molar-refractivity contribution in [2.24, 2.45) is 0 Å². The molecule has 0 aliphatic rings. The predicted molar refractivity (Wildman–Crippen MR) is 60.3 cm³/mol. The summed E-state index contributed by atoms with van der Waals surface area (Å²) in [5, 5.41) is 18.2. The molecule has 1 unspecified atom stereocenters. The van der Waals surface area contributed by atoms with Gasteiger partial charge in [-0.25, -0.2) is 4.79 Å². The zero-order valence-corrected chi connectivity index (χ0v) is 9.54. The summed E-state index contributed by atoms with van der Waals surface area (Å²) in [6, 6.07) is 5.21. The van der Waals surface area contributed by atoms with Crippen molar-refractivity contribution in [3.63, 3.8) is 0 Å². The minimum Gasteiger partial charge on any atom is -0.478 e. The molecule has 0 fully saturated rings. The molecule has 0 aliphatic heterocycles. The lowest BCUT2D eigenvalue weighted by atomic mass is 10.1. The number of carboxylic acid groups (broad SMARTS) is 1. The van der Waals surface area contributed by atoms with Gasteiger partial charge in [-0.05, 0) is 31.0 Å². The lowest BCUT2D eigenvalue weighted by Gasteiger charge is -2.09. The molecule has 1 aromatic rings. The lowest BCUT2D eigenvalue weighted by Crippen LogP contribution is -2.02. The first-order chi connectivity index (χ1) is 7.04. The second-order valence-electron chi connectivity index (χ2n) is 3.21. The van der Waals surface area contributed by atoms with E-state index in [1.165, 1.54) is 0 Å². The molecule has 1 atom stereocenters. The van der Waals surface area contributed by atoms with E-state index in [1.54, 1.807) is 19.1 Å². The van der Waals surface area contributed by atoms with Crippen LogP contribution in [0.1, 0.15) is 29.8 Å². The van der Waals surface area contributed by atoms with Crippen LogP contribution in [0.4, 0.5) is 0 Å². The maximum Gasteiger partial charge on any atom is 0.336 e. The first kappa shape index (κ1) is 12.1. The van der Waals surface area contributed by atoms with Gasteiger partial charge in [-0.15, -0.1) is 0 Å². The van der Waals surface area contributed by atoms with Gasteiger partial charge >= 0.3 is 5.97 Å². The number of carbonyl (C=O) groups is 1. The van der Waals surface area contributed by atoms with Crippen molar-refractivity contribution in [2.75, 3.05) is 0 Å². The molecule has 0 heterocycles. The van der Waals surface area contributed by atoms with Crippen molar-refractivity contribution in [2.45, 2.75) is 30.6 Å². The Morgan fingerprint density at radius 1 is 1.53 bits per heavy atom. The number of aliphatic hydroxyl groups is 1. The van der Waals surface area contributed by atoms with Crippen LogP contribution in [0.15, 0.2) is 23.1 Å². The Morgan fingerprint density at radius 3 is 2.67 bits per heavy atom. The van der Waals surface area contributed by atoms with E-state index in [-0.39, 0.29) is 5.56 Å². The summed E-state index contributed by atoms with van der Waals surface area (Å²) < 4.78 is 0. The molecular formula is C11H14O3S. The Kier molecular flexibility index (Phi) is 4.17. The average molecular weight is 226 g/mol. The molecular weight excluding hydrogens is 212 g/mol. The van der Waals surface area contributed by atoms with E-state index >= 15 is 0 Å². The summed E-state index contributed by atoms with van der Waals surface area (Å²) in [4.78, 5) is 11.5. The van der Waals surface area contributed by atoms with E-state index in [0.29, 0.717) is 4.90 Å². The molecule has 2 N–H and O–H groups in total. The minimum absolute atomic E-state index is 0.248. The van der Waals surface area contributed by atoms with Gasteiger partial charge in [0.15, 0.2) is 0 Å². The van der Waals surface area contributed by atoms with Crippen LogP contribution in [0.25, 0.3) is 0 Å². The molecule has 3 nitrogen and oxygen atoms in total. The standard InChI is InChI=1S/C11H14O3S/c1-3-8-4-5-9(11(13)14)10(6-8)15-7(2)12/h4-7,12H,3H2,1-2H3,(H,13,14). The largest absolute Gasteiger partial charge is 0.478 e. The average Bonchev–Trinajstić information content (AvgIpc) is 2.16. The van der Waals surface area contributed by atoms with Gasteiger partial charge in [-0.1, -0.05) is 24.8 Å². The molecule has 0 aromatic heterocycles. The van der Waals surface area contributed by atoms with Gasteiger partial charge in [-0.2, -0.15) is 0 Å². The number of benzene rings is 1. The Morgan fingerprint density at radius 2 is 2.20 bits per heavy atom. The Bertz CT molecular complexity index is 361. The number of aryl methyl sites for hydroxylation is 1. The van der Waals surface area contributed by atoms with Gasteiger partial charge in [0.05, 0.1) is 5.56 Å². The molecule has 0 bridgehead atoms. The fraction of sp³-hybridized carbons (Fsp3) is 0.364. The summed E-state index contributed by atoms with van der Waals surface area (Å²) in [5.41, 5.74) is 0.719. The zero-order valence-electron chi connectivity index (χ0n) is 8.73. The maximum atomic E-state index is 10.9. The molecule has 0 spiro atoms. The first-order valence-corrected chi connectivity index (χ1v) is 5.63. The molecule has 0 radical (unpaired) electrons. The monoisotopic (exact) mass is 226 g/mol. The summed E-state index contributed by atoms with van der Waals surface area (Å²) in [7, 11) is 0. The molecule has 0 saturated carbocycles. The predicted octanol–water partition coefficient (Wildman–Crippen LogP) is 2.38. The van der Waals surface area contributed by atoms with Crippen LogP contribution in [0.2, 0.25) is 0 Å². The summed E-state index contributed by atoms with van der Waals surface area (Å²) in [6.45, 7) is 3.63. The fourth-order valence-corrected chi connectivity index (χ4v) is 2.11. The van der Waals surface area contributed by atoms with E-state index in [9.17, 15) is 9.90 Å². The van der Waals surface area contributed by atoms with Crippen molar-refractivity contribution in [1.29, 1.82) is 0 Å². The topological polar surface area (TPSA) is 57.5 Å². The van der Waals surface area contributed by atoms with Gasteiger partial charge in [0.2, 0.25) is 0 Å². The number of rotatable bonds is 4. The second-order valence-corrected chi connectivity index (χ2v) is 4.56. The molecule has 0 amide bonds. The highest BCUT2D eigenvalue weighted by Crippen LogP contribution is 2.27. The van der Waals surface area contributed by atoms with E-state index in [4.69, 9.17) is 5.11 Å². The van der Waals surface area contributed by atoms with Crippen molar-refractivity contribution in [3.05, 3.63) is 29.3 Å². The van der Waals surface area contributed by atoms with Crippen molar-refractivity contribution in [1.82, 2.24) is 0 Å². The van der Waals surface area contributed by atoms with Gasteiger partial charge in [0.1, 0.15) is 5.44 Å². The van der Waals surface area contributed by atoms with Gasteiger partial charge in [0, 0.05) is 4.90 Å². The van der Waals surface area contributed by atoms with Crippen LogP contribution in [-0.4, -0.2) is 21.6 Å². The summed E-state index contributed by atoms with van der Waals surface area (Å²) in [5.74, 6) is -0.958. The van der Waals surface area contributed by atoms with Crippen LogP contribution in [0, 0.1) is 0 Å². The maximum absolute atomic E-state index is 10.9. The van der Waals surface area contributed by atoms with E-state index in [0.717, 1.165) is 23.7 Å². The Balaban J connectivity index is 3.10. The number of carboxylic acids is 1. The second kappa shape index (κ2) is 5.19. The third-order valence-electron chi connectivity index (χ3n) is 1.98. The molecule has 1 aromatic carbocycles. The van der Waals surface area contributed by atoms with Gasteiger partial charge in [0.25, 0.3) is 0 Å². The molecule has 1 rings (SSSR count). The number of hydrogen-bond acceptors (Lipinski definition) is 3. The quantitative estimate of drug-likeness (QED) is 0.611. The summed E-state index contributed by atoms with van der Waals surface area (Å²) in [6.07, 6.45) is 0.854. The minimum atomic E-state index is -0.958. The van der Waals surface area contributed by atoms with Crippen molar-refractivity contribution in [3.8, 4) is 0 Å². The lowest BCUT2D eigenvalue weighted by molar-refractivity contribution is 0.0693. The highest BCUT2D eigenvalue weighted by atomic mass is 32.2. The van der Waals surface area contributed by atoms with Crippen molar-refractivity contribution >= 4 is 17.7 Å². The highest BCUT2D eigenvalue weighted by molar-refractivity contribution is 7.99. The molecule has 82 valence electrons. The smallest absolute Gasteiger partial charge is 0.336 e. The highest BCUT2D eigenvalue weighted by Gasteiger charge is 2.12. The number of aliphatic hydroxyl groups excluding tert-OH is 1. The van der Waals surface area contributed by atoms with Crippen LogP contribution in [0.5, 0.6) is 0 Å². The Labute approximate surface area is 93.1 Å². The van der Waals surface area contributed by atoms with Crippen LogP contribution in [-0.2, 0) is 6.42 Å². The van der Waals surface area contributed by atoms with Crippen molar-refractivity contribution < 1.29 is 15.0 Å².